The lowest BCUT2D eigenvalue weighted by Crippen LogP contribution is -2.45. The van der Waals surface area contributed by atoms with Crippen LogP contribution in [0.5, 0.6) is 0 Å². The smallest absolute Gasteiger partial charge is 0.387 e. The normalized spacial score (nSPS) is 15.1. The number of aliphatic hydroxyl groups is 1. The Labute approximate surface area is 399 Å². The molecule has 3 N–H and O–H groups in total. The number of nitrogens with zero attached hydrogens (tertiary/aromatic N) is 1. The number of phosphoric ester groups is 1. The summed E-state index contributed by atoms with van der Waals surface area (Å²) in [5, 5.41) is 13.8. The van der Waals surface area contributed by atoms with E-state index in [0.717, 1.165) is 96.3 Å². The quantitative estimate of drug-likeness (QED) is 0.0243. The van der Waals surface area contributed by atoms with Gasteiger partial charge in [-0.25, -0.2) is 4.57 Å². The van der Waals surface area contributed by atoms with E-state index in [9.17, 15) is 19.4 Å². The molecule has 0 aromatic carbocycles. The number of quaternary nitrogens is 1. The molecule has 0 heterocycles. The second-order valence-corrected chi connectivity index (χ2v) is 19.2. The van der Waals surface area contributed by atoms with E-state index in [1.54, 1.807) is 6.08 Å². The van der Waals surface area contributed by atoms with Crippen molar-refractivity contribution < 1.29 is 32.9 Å². The second-order valence-electron chi connectivity index (χ2n) is 17.8. The van der Waals surface area contributed by atoms with Gasteiger partial charge in [-0.05, 0) is 96.3 Å². The van der Waals surface area contributed by atoms with Crippen LogP contribution in [0.3, 0.4) is 0 Å². The molecule has 0 spiro atoms. The van der Waals surface area contributed by atoms with Gasteiger partial charge in [-0.15, -0.1) is 0 Å². The summed E-state index contributed by atoms with van der Waals surface area (Å²) in [4.78, 5) is 23.1. The summed E-state index contributed by atoms with van der Waals surface area (Å²) in [6.45, 7) is 4.51. The first-order valence-corrected chi connectivity index (χ1v) is 26.9. The molecule has 0 bridgehead atoms. The van der Waals surface area contributed by atoms with Crippen LogP contribution in [0.15, 0.2) is 122 Å². The topological polar surface area (TPSA) is 105 Å². The summed E-state index contributed by atoms with van der Waals surface area (Å²) in [5.74, 6) is -0.204. The van der Waals surface area contributed by atoms with Gasteiger partial charge in [0.2, 0.25) is 5.91 Å². The van der Waals surface area contributed by atoms with Crippen LogP contribution < -0.4 is 5.32 Å². The van der Waals surface area contributed by atoms with Gasteiger partial charge < -0.3 is 19.8 Å². The van der Waals surface area contributed by atoms with Gasteiger partial charge in [0.05, 0.1) is 39.9 Å². The van der Waals surface area contributed by atoms with Crippen molar-refractivity contribution >= 4 is 13.7 Å². The standard InChI is InChI=1S/C56H95N2O6P/c1-6-8-10-12-14-16-18-19-20-21-22-23-24-25-26-27-28-29-30-31-32-33-34-35-36-37-38-39-40-42-44-46-48-50-56(60)57-54(53-64-65(61,62)63-52-51-58(3,4)5)55(59)49-47-45-43-41-17-15-13-11-9-7-2/h8-11,14,16-17,19-20,22-23,25-26,28-29,31-32,41,47,49,54-55,59H,6-7,12-13,15,18,21,24,27,30,33-40,42-46,48,50-53H2,1-5H3,(H-,57,60,61,62)/p+1/b10-8-,11-9+,16-14-,20-19-,23-22-,26-25-,29-28-,32-31-,41-17+,49-47+. The summed E-state index contributed by atoms with van der Waals surface area (Å²) in [6, 6.07) is -0.877. The van der Waals surface area contributed by atoms with E-state index in [1.165, 1.54) is 57.8 Å². The van der Waals surface area contributed by atoms with Crippen molar-refractivity contribution in [3.63, 3.8) is 0 Å². The van der Waals surface area contributed by atoms with Crippen molar-refractivity contribution in [2.45, 2.75) is 187 Å². The molecule has 0 radical (unpaired) electrons. The monoisotopic (exact) mass is 924 g/mol. The zero-order valence-electron chi connectivity index (χ0n) is 41.9. The zero-order chi connectivity index (χ0) is 47.8. The van der Waals surface area contributed by atoms with Gasteiger partial charge >= 0.3 is 7.82 Å². The van der Waals surface area contributed by atoms with E-state index in [0.29, 0.717) is 17.4 Å². The summed E-state index contributed by atoms with van der Waals surface area (Å²) in [5.41, 5.74) is 0. The molecule has 0 aliphatic heterocycles. The highest BCUT2D eigenvalue weighted by Gasteiger charge is 2.27. The number of likely N-dealkylation sites (N-methyl/N-ethyl adjacent to an activating group) is 1. The lowest BCUT2D eigenvalue weighted by atomic mass is 10.0. The van der Waals surface area contributed by atoms with E-state index >= 15 is 0 Å². The van der Waals surface area contributed by atoms with Crippen molar-refractivity contribution in [2.24, 2.45) is 0 Å². The Morgan fingerprint density at radius 1 is 0.523 bits per heavy atom. The van der Waals surface area contributed by atoms with Crippen LogP contribution in [0.1, 0.15) is 174 Å². The number of rotatable bonds is 44. The maximum absolute atomic E-state index is 12.9. The minimum absolute atomic E-state index is 0.0465. The molecule has 3 atom stereocenters. The number of amides is 1. The SMILES string of the molecule is CC/C=C\C/C=C\C/C=C\C/C=C\C/C=C\C/C=C\C/C=C\CCCCCCCCCCCCCC(=O)NC(COP(=O)(O)OCC[N+](C)(C)C)C(O)/C=C/CC/C=C/CC/C=C/CC. The molecule has 0 fully saturated rings. The molecular weight excluding hydrogens is 828 g/mol. The Morgan fingerprint density at radius 2 is 0.892 bits per heavy atom. The van der Waals surface area contributed by atoms with E-state index in [4.69, 9.17) is 9.05 Å². The predicted molar refractivity (Wildman–Crippen MR) is 281 cm³/mol. The molecule has 0 aliphatic rings. The third-order valence-electron chi connectivity index (χ3n) is 10.4. The van der Waals surface area contributed by atoms with Crippen molar-refractivity contribution in [3.05, 3.63) is 122 Å². The molecule has 0 aromatic rings. The van der Waals surface area contributed by atoms with Crippen molar-refractivity contribution in [1.29, 1.82) is 0 Å². The van der Waals surface area contributed by atoms with Crippen LogP contribution in [0.25, 0.3) is 0 Å². The van der Waals surface area contributed by atoms with Gasteiger partial charge in [0.15, 0.2) is 0 Å². The van der Waals surface area contributed by atoms with Gasteiger partial charge in [-0.1, -0.05) is 193 Å². The molecule has 0 rings (SSSR count). The molecular formula is C56H96N2O6P+. The van der Waals surface area contributed by atoms with E-state index in [-0.39, 0.29) is 19.1 Å². The molecule has 0 aromatic heterocycles. The number of nitrogens with one attached hydrogen (secondary N) is 1. The number of allylic oxidation sites excluding steroid dienone is 19. The highest BCUT2D eigenvalue weighted by molar-refractivity contribution is 7.47. The van der Waals surface area contributed by atoms with Crippen molar-refractivity contribution in [3.8, 4) is 0 Å². The molecule has 0 saturated heterocycles. The Balaban J connectivity index is 4.13. The minimum Gasteiger partial charge on any atom is -0.387 e. The second kappa shape index (κ2) is 46.0. The van der Waals surface area contributed by atoms with Gasteiger partial charge in [-0.2, -0.15) is 0 Å². The van der Waals surface area contributed by atoms with Crippen molar-refractivity contribution in [2.75, 3.05) is 40.9 Å². The maximum atomic E-state index is 12.9. The van der Waals surface area contributed by atoms with E-state index in [1.807, 2.05) is 27.2 Å². The highest BCUT2D eigenvalue weighted by atomic mass is 31.2. The average molecular weight is 924 g/mol. The number of carbonyl (C=O) groups is 1. The van der Waals surface area contributed by atoms with Crippen LogP contribution in [-0.2, 0) is 18.4 Å². The van der Waals surface area contributed by atoms with Crippen LogP contribution in [0.2, 0.25) is 0 Å². The third-order valence-corrected chi connectivity index (χ3v) is 11.4. The van der Waals surface area contributed by atoms with Crippen LogP contribution in [0, 0.1) is 0 Å². The van der Waals surface area contributed by atoms with Crippen LogP contribution in [0.4, 0.5) is 0 Å². The minimum atomic E-state index is -4.36. The number of aliphatic hydroxyl groups excluding tert-OH is 1. The number of phosphoric acid groups is 1. The lowest BCUT2D eigenvalue weighted by molar-refractivity contribution is -0.870. The fourth-order valence-electron chi connectivity index (χ4n) is 6.47. The van der Waals surface area contributed by atoms with Gasteiger partial charge in [0.25, 0.3) is 0 Å². The fraction of sp³-hybridized carbons (Fsp3) is 0.625. The first-order valence-electron chi connectivity index (χ1n) is 25.4. The predicted octanol–water partition coefficient (Wildman–Crippen LogP) is 15.0. The largest absolute Gasteiger partial charge is 0.472 e. The number of unbranched alkanes of at least 4 members (excludes halogenated alkanes) is 13. The highest BCUT2D eigenvalue weighted by Crippen LogP contribution is 2.43. The maximum Gasteiger partial charge on any atom is 0.472 e. The average Bonchev–Trinajstić information content (AvgIpc) is 3.26. The van der Waals surface area contributed by atoms with Gasteiger partial charge in [0.1, 0.15) is 13.2 Å². The Morgan fingerprint density at radius 3 is 1.35 bits per heavy atom. The lowest BCUT2D eigenvalue weighted by Gasteiger charge is -2.25. The van der Waals surface area contributed by atoms with Crippen LogP contribution >= 0.6 is 7.82 Å². The summed E-state index contributed by atoms with van der Waals surface area (Å²) < 4.78 is 23.5. The molecule has 0 saturated carbocycles. The fourth-order valence-corrected chi connectivity index (χ4v) is 7.21. The molecule has 8 nitrogen and oxygen atoms in total. The van der Waals surface area contributed by atoms with E-state index in [2.05, 4.69) is 129 Å². The van der Waals surface area contributed by atoms with E-state index < -0.39 is 20.0 Å². The molecule has 1 amide bonds. The number of hydrogen-bond donors (Lipinski definition) is 3. The summed E-state index contributed by atoms with van der Waals surface area (Å²) in [6.07, 6.45) is 68.8. The van der Waals surface area contributed by atoms with Crippen molar-refractivity contribution in [1.82, 2.24) is 5.32 Å². The third kappa shape index (κ3) is 48.6. The molecule has 65 heavy (non-hydrogen) atoms. The Kier molecular flexibility index (Phi) is 43.8. The zero-order valence-corrected chi connectivity index (χ0v) is 42.8. The summed E-state index contributed by atoms with van der Waals surface area (Å²) in [7, 11) is 1.52. The number of carbonyl (C=O) groups excluding carboxylic acids is 1. The van der Waals surface area contributed by atoms with Crippen LogP contribution in [-0.4, -0.2) is 73.4 Å². The Hall–Kier alpha value is -3.10. The first-order chi connectivity index (χ1) is 31.5. The Bertz CT molecular complexity index is 1460. The van der Waals surface area contributed by atoms with Gasteiger partial charge in [0, 0.05) is 6.42 Å². The molecule has 0 aliphatic carbocycles. The summed E-state index contributed by atoms with van der Waals surface area (Å²) >= 11 is 0. The van der Waals surface area contributed by atoms with Gasteiger partial charge in [-0.3, -0.25) is 13.8 Å². The molecule has 9 heteroatoms. The molecule has 370 valence electrons. The number of hydrogen-bond acceptors (Lipinski definition) is 5. The molecule has 3 unspecified atom stereocenters. The first kappa shape index (κ1) is 61.9.